The van der Waals surface area contributed by atoms with E-state index in [0.29, 0.717) is 44.8 Å². The van der Waals surface area contributed by atoms with Crippen LogP contribution in [0.2, 0.25) is 0 Å². The Kier molecular flexibility index (Phi) is 5.10. The molecular formula is C17H22N2O5S. The van der Waals surface area contributed by atoms with Gasteiger partial charge in [0.05, 0.1) is 18.1 Å². The summed E-state index contributed by atoms with van der Waals surface area (Å²) in [7, 11) is -3.39. The number of hydrogen-bond donors (Lipinski definition) is 0. The van der Waals surface area contributed by atoms with Gasteiger partial charge in [-0.3, -0.25) is 9.59 Å². The van der Waals surface area contributed by atoms with Crippen LogP contribution in [0.25, 0.3) is 0 Å². The van der Waals surface area contributed by atoms with Crippen molar-refractivity contribution in [2.75, 3.05) is 39.1 Å². The minimum atomic E-state index is -3.39. The number of carbonyl (C=O) groups is 2. The molecule has 0 unspecified atom stereocenters. The third kappa shape index (κ3) is 3.85. The summed E-state index contributed by atoms with van der Waals surface area (Å²) < 4.78 is 28.7. The van der Waals surface area contributed by atoms with Gasteiger partial charge in [0.15, 0.2) is 9.84 Å². The quantitative estimate of drug-likeness (QED) is 0.780. The molecule has 0 radical (unpaired) electrons. The van der Waals surface area contributed by atoms with Crippen molar-refractivity contribution in [1.29, 1.82) is 0 Å². The number of ether oxygens (including phenoxy) is 1. The first-order chi connectivity index (χ1) is 11.9. The molecule has 0 aliphatic carbocycles. The molecule has 0 spiro atoms. The fraction of sp³-hybridized carbons (Fsp3) is 0.529. The molecule has 25 heavy (non-hydrogen) atoms. The Bertz CT molecular complexity index is 771. The molecule has 2 fully saturated rings. The van der Waals surface area contributed by atoms with Gasteiger partial charge in [-0.1, -0.05) is 6.07 Å². The lowest BCUT2D eigenvalue weighted by molar-refractivity contribution is -0.139. The Morgan fingerprint density at radius 3 is 2.56 bits per heavy atom. The maximum absolute atomic E-state index is 12.9. The Morgan fingerprint density at radius 2 is 1.88 bits per heavy atom. The fourth-order valence-corrected chi connectivity index (χ4v) is 3.95. The number of morpholine rings is 1. The number of likely N-dealkylation sites (tertiary alicyclic amines) is 1. The summed E-state index contributed by atoms with van der Waals surface area (Å²) in [4.78, 5) is 29.0. The summed E-state index contributed by atoms with van der Waals surface area (Å²) in [5, 5.41) is 0. The van der Waals surface area contributed by atoms with Crippen LogP contribution in [-0.2, 0) is 19.4 Å². The van der Waals surface area contributed by atoms with Crippen molar-refractivity contribution < 1.29 is 22.7 Å². The maximum Gasteiger partial charge on any atom is 0.254 e. The highest BCUT2D eigenvalue weighted by molar-refractivity contribution is 7.90. The van der Waals surface area contributed by atoms with Crippen molar-refractivity contribution in [2.24, 2.45) is 0 Å². The minimum Gasteiger partial charge on any atom is -0.378 e. The molecule has 136 valence electrons. The Labute approximate surface area is 147 Å². The van der Waals surface area contributed by atoms with Crippen molar-refractivity contribution in [3.05, 3.63) is 29.8 Å². The first kappa shape index (κ1) is 17.9. The van der Waals surface area contributed by atoms with Gasteiger partial charge in [0.1, 0.15) is 6.04 Å². The van der Waals surface area contributed by atoms with E-state index in [4.69, 9.17) is 4.74 Å². The van der Waals surface area contributed by atoms with Gasteiger partial charge in [-0.2, -0.15) is 0 Å². The molecule has 0 bridgehead atoms. The molecule has 1 aromatic carbocycles. The molecule has 1 atom stereocenters. The van der Waals surface area contributed by atoms with E-state index in [9.17, 15) is 18.0 Å². The van der Waals surface area contributed by atoms with Gasteiger partial charge in [0, 0.05) is 31.5 Å². The van der Waals surface area contributed by atoms with Crippen LogP contribution in [-0.4, -0.2) is 75.2 Å². The van der Waals surface area contributed by atoms with Crippen LogP contribution >= 0.6 is 0 Å². The molecule has 3 rings (SSSR count). The van der Waals surface area contributed by atoms with E-state index in [1.54, 1.807) is 21.9 Å². The highest BCUT2D eigenvalue weighted by Crippen LogP contribution is 2.23. The van der Waals surface area contributed by atoms with Crippen molar-refractivity contribution >= 4 is 21.7 Å². The molecule has 2 saturated heterocycles. The minimum absolute atomic E-state index is 0.0478. The second-order valence-corrected chi connectivity index (χ2v) is 8.41. The summed E-state index contributed by atoms with van der Waals surface area (Å²) in [6.07, 6.45) is 2.50. The number of carbonyl (C=O) groups excluding carboxylic acids is 2. The van der Waals surface area contributed by atoms with E-state index in [-0.39, 0.29) is 16.7 Å². The smallest absolute Gasteiger partial charge is 0.254 e. The number of sulfone groups is 1. The maximum atomic E-state index is 12.9. The molecule has 8 heteroatoms. The Hall–Kier alpha value is -1.93. The topological polar surface area (TPSA) is 84.0 Å². The van der Waals surface area contributed by atoms with E-state index in [1.807, 2.05) is 0 Å². The van der Waals surface area contributed by atoms with Gasteiger partial charge in [-0.15, -0.1) is 0 Å². The van der Waals surface area contributed by atoms with E-state index >= 15 is 0 Å². The zero-order valence-electron chi connectivity index (χ0n) is 14.2. The van der Waals surface area contributed by atoms with Crippen LogP contribution in [0.3, 0.4) is 0 Å². The Morgan fingerprint density at radius 1 is 1.16 bits per heavy atom. The fourth-order valence-electron chi connectivity index (χ4n) is 3.29. The summed E-state index contributed by atoms with van der Waals surface area (Å²) in [6, 6.07) is 5.51. The van der Waals surface area contributed by atoms with Crippen molar-refractivity contribution in [1.82, 2.24) is 9.80 Å². The lowest BCUT2D eigenvalue weighted by atomic mass is 10.1. The standard InChI is InChI=1S/C17H22N2O5S/c1-25(22,23)14-5-2-4-13(12-14)16(20)19-7-3-6-15(19)17(21)18-8-10-24-11-9-18/h2,4-5,12,15H,3,6-11H2,1H3/t15-/m1/s1. The lowest BCUT2D eigenvalue weighted by Crippen LogP contribution is -2.51. The van der Waals surface area contributed by atoms with E-state index in [2.05, 4.69) is 0 Å². The van der Waals surface area contributed by atoms with Crippen molar-refractivity contribution in [3.63, 3.8) is 0 Å². The normalized spacial score (nSPS) is 21.4. The van der Waals surface area contributed by atoms with Crippen molar-refractivity contribution in [3.8, 4) is 0 Å². The average molecular weight is 366 g/mol. The summed E-state index contributed by atoms with van der Waals surface area (Å²) in [5.41, 5.74) is 0.296. The molecule has 0 aromatic heterocycles. The average Bonchev–Trinajstić information content (AvgIpc) is 3.10. The van der Waals surface area contributed by atoms with Gasteiger partial charge in [0.25, 0.3) is 5.91 Å². The zero-order valence-corrected chi connectivity index (χ0v) is 15.0. The molecule has 2 aliphatic heterocycles. The third-order valence-electron chi connectivity index (χ3n) is 4.63. The highest BCUT2D eigenvalue weighted by Gasteiger charge is 2.37. The molecular weight excluding hydrogens is 344 g/mol. The Balaban J connectivity index is 1.80. The van der Waals surface area contributed by atoms with Crippen LogP contribution < -0.4 is 0 Å². The number of amides is 2. The first-order valence-corrected chi connectivity index (χ1v) is 10.2. The van der Waals surface area contributed by atoms with Gasteiger partial charge in [0.2, 0.25) is 5.91 Å². The van der Waals surface area contributed by atoms with Crippen LogP contribution in [0.15, 0.2) is 29.2 Å². The molecule has 2 aliphatic rings. The number of rotatable bonds is 3. The molecule has 0 N–H and O–H groups in total. The van der Waals surface area contributed by atoms with Crippen LogP contribution in [0.5, 0.6) is 0 Å². The summed E-state index contributed by atoms with van der Waals surface area (Å²) in [5.74, 6) is -0.344. The molecule has 2 heterocycles. The number of hydrogen-bond acceptors (Lipinski definition) is 5. The lowest BCUT2D eigenvalue weighted by Gasteiger charge is -2.32. The second kappa shape index (κ2) is 7.13. The van der Waals surface area contributed by atoms with Crippen molar-refractivity contribution in [2.45, 2.75) is 23.8 Å². The van der Waals surface area contributed by atoms with Gasteiger partial charge in [-0.25, -0.2) is 8.42 Å². The molecule has 7 nitrogen and oxygen atoms in total. The SMILES string of the molecule is CS(=O)(=O)c1cccc(C(=O)N2CCC[C@@H]2C(=O)N2CCOCC2)c1. The van der Waals surface area contributed by atoms with Gasteiger partial charge in [-0.05, 0) is 31.0 Å². The van der Waals surface area contributed by atoms with E-state index in [0.717, 1.165) is 12.7 Å². The van der Waals surface area contributed by atoms with Crippen LogP contribution in [0, 0.1) is 0 Å². The van der Waals surface area contributed by atoms with E-state index < -0.39 is 15.9 Å². The molecule has 2 amide bonds. The monoisotopic (exact) mass is 366 g/mol. The summed E-state index contributed by atoms with van der Waals surface area (Å²) in [6.45, 7) is 2.62. The van der Waals surface area contributed by atoms with Gasteiger partial charge < -0.3 is 14.5 Å². The third-order valence-corrected chi connectivity index (χ3v) is 5.74. The number of nitrogens with zero attached hydrogens (tertiary/aromatic N) is 2. The van der Waals surface area contributed by atoms with E-state index in [1.165, 1.54) is 12.1 Å². The zero-order chi connectivity index (χ0) is 18.0. The molecule has 1 aromatic rings. The van der Waals surface area contributed by atoms with Gasteiger partial charge >= 0.3 is 0 Å². The number of benzene rings is 1. The predicted molar refractivity (Wildman–Crippen MR) is 91.0 cm³/mol. The highest BCUT2D eigenvalue weighted by atomic mass is 32.2. The largest absolute Gasteiger partial charge is 0.378 e. The summed E-state index contributed by atoms with van der Waals surface area (Å²) >= 11 is 0. The molecule has 0 saturated carbocycles. The van der Waals surface area contributed by atoms with Crippen LogP contribution in [0.1, 0.15) is 23.2 Å². The predicted octanol–water partition coefficient (Wildman–Crippen LogP) is 0.554. The van der Waals surface area contributed by atoms with Crippen LogP contribution in [0.4, 0.5) is 0 Å². The first-order valence-electron chi connectivity index (χ1n) is 8.35. The second-order valence-electron chi connectivity index (χ2n) is 6.39.